The molecule has 0 bridgehead atoms. The van der Waals surface area contributed by atoms with E-state index < -0.39 is 46.8 Å². The van der Waals surface area contributed by atoms with Gasteiger partial charge in [0.2, 0.25) is 5.82 Å². The van der Waals surface area contributed by atoms with E-state index in [1.807, 2.05) is 19.9 Å². The van der Waals surface area contributed by atoms with E-state index in [0.717, 1.165) is 17.3 Å². The molecule has 4 nitrogen and oxygen atoms in total. The van der Waals surface area contributed by atoms with Gasteiger partial charge in [-0.2, -0.15) is 0 Å². The van der Waals surface area contributed by atoms with Crippen LogP contribution in [0.5, 0.6) is 0 Å². The molecular formula is C18H12F5N3O. The third-order valence-electron chi connectivity index (χ3n) is 3.86. The van der Waals surface area contributed by atoms with Crippen LogP contribution in [0.1, 0.15) is 16.7 Å². The Morgan fingerprint density at radius 3 is 1.93 bits per heavy atom. The van der Waals surface area contributed by atoms with Crippen LogP contribution in [0, 0.1) is 42.9 Å². The SMILES string of the molecule is Cc1cc(C)cc(-c2ncc(=O)n(Cc3c(F)c(F)c(F)c(F)c3F)n2)c1. The van der Waals surface area contributed by atoms with Gasteiger partial charge in [0.25, 0.3) is 5.56 Å². The highest BCUT2D eigenvalue weighted by molar-refractivity contribution is 5.56. The van der Waals surface area contributed by atoms with Gasteiger partial charge in [-0.05, 0) is 26.0 Å². The molecule has 0 aliphatic carbocycles. The highest BCUT2D eigenvalue weighted by Gasteiger charge is 2.26. The van der Waals surface area contributed by atoms with Gasteiger partial charge in [0.05, 0.1) is 18.3 Å². The lowest BCUT2D eigenvalue weighted by Crippen LogP contribution is -2.26. The van der Waals surface area contributed by atoms with Gasteiger partial charge in [-0.15, -0.1) is 5.10 Å². The zero-order valence-corrected chi connectivity index (χ0v) is 14.2. The molecule has 0 saturated carbocycles. The third-order valence-corrected chi connectivity index (χ3v) is 3.86. The molecule has 0 spiro atoms. The first-order valence-electron chi connectivity index (χ1n) is 7.72. The lowest BCUT2D eigenvalue weighted by atomic mass is 10.1. The molecule has 0 aliphatic rings. The summed E-state index contributed by atoms with van der Waals surface area (Å²) in [4.78, 5) is 15.8. The maximum Gasteiger partial charge on any atom is 0.285 e. The van der Waals surface area contributed by atoms with Crippen LogP contribution in [0.25, 0.3) is 11.4 Å². The predicted octanol–water partition coefficient (Wildman–Crippen LogP) is 3.67. The number of rotatable bonds is 3. The zero-order chi connectivity index (χ0) is 19.9. The summed E-state index contributed by atoms with van der Waals surface area (Å²) in [6, 6.07) is 5.36. The summed E-state index contributed by atoms with van der Waals surface area (Å²) in [6.45, 7) is 2.73. The molecule has 1 heterocycles. The summed E-state index contributed by atoms with van der Waals surface area (Å²) >= 11 is 0. The molecule has 3 aromatic rings. The van der Waals surface area contributed by atoms with E-state index in [2.05, 4.69) is 10.1 Å². The molecule has 0 amide bonds. The summed E-state index contributed by atoms with van der Waals surface area (Å²) in [5, 5.41) is 3.91. The summed E-state index contributed by atoms with van der Waals surface area (Å²) < 4.78 is 68.2. The molecule has 0 radical (unpaired) electrons. The molecule has 140 valence electrons. The maximum absolute atomic E-state index is 13.9. The van der Waals surface area contributed by atoms with Gasteiger partial charge in [-0.3, -0.25) is 4.79 Å². The summed E-state index contributed by atoms with van der Waals surface area (Å²) in [7, 11) is 0. The first-order valence-corrected chi connectivity index (χ1v) is 7.72. The Labute approximate surface area is 149 Å². The van der Waals surface area contributed by atoms with E-state index in [1.54, 1.807) is 12.1 Å². The Bertz CT molecular complexity index is 1060. The van der Waals surface area contributed by atoms with Crippen molar-refractivity contribution in [1.82, 2.24) is 14.8 Å². The van der Waals surface area contributed by atoms with Crippen LogP contribution >= 0.6 is 0 Å². The standard InChI is InChI=1S/C18H12F5N3O/c1-8-3-9(2)5-10(4-8)18-24-6-12(27)26(25-18)7-11-13(19)15(21)17(23)16(22)14(11)20/h3-6H,7H2,1-2H3. The van der Waals surface area contributed by atoms with Crippen LogP contribution in [0.2, 0.25) is 0 Å². The van der Waals surface area contributed by atoms with Crippen molar-refractivity contribution in [1.29, 1.82) is 0 Å². The monoisotopic (exact) mass is 381 g/mol. The number of nitrogens with zero attached hydrogens (tertiary/aromatic N) is 3. The fourth-order valence-corrected chi connectivity index (χ4v) is 2.66. The van der Waals surface area contributed by atoms with E-state index in [1.165, 1.54) is 0 Å². The van der Waals surface area contributed by atoms with Gasteiger partial charge in [0, 0.05) is 5.56 Å². The van der Waals surface area contributed by atoms with Gasteiger partial charge in [0.15, 0.2) is 29.1 Å². The molecular weight excluding hydrogens is 369 g/mol. The van der Waals surface area contributed by atoms with Gasteiger partial charge < -0.3 is 0 Å². The van der Waals surface area contributed by atoms with Crippen molar-refractivity contribution >= 4 is 0 Å². The average Bonchev–Trinajstić information content (AvgIpc) is 2.62. The highest BCUT2D eigenvalue weighted by Crippen LogP contribution is 2.23. The van der Waals surface area contributed by atoms with Crippen molar-refractivity contribution < 1.29 is 22.0 Å². The Kier molecular flexibility index (Phi) is 4.77. The minimum atomic E-state index is -2.26. The van der Waals surface area contributed by atoms with Crippen molar-refractivity contribution in [2.75, 3.05) is 0 Å². The largest absolute Gasteiger partial charge is 0.285 e. The van der Waals surface area contributed by atoms with Crippen molar-refractivity contribution in [2.24, 2.45) is 0 Å². The molecule has 0 atom stereocenters. The smallest absolute Gasteiger partial charge is 0.266 e. The van der Waals surface area contributed by atoms with Crippen molar-refractivity contribution in [2.45, 2.75) is 20.4 Å². The Hall–Kier alpha value is -3.10. The van der Waals surface area contributed by atoms with Gasteiger partial charge in [0.1, 0.15) is 0 Å². The Morgan fingerprint density at radius 2 is 1.37 bits per heavy atom. The molecule has 0 saturated heterocycles. The maximum atomic E-state index is 13.9. The van der Waals surface area contributed by atoms with E-state index in [9.17, 15) is 26.7 Å². The quantitative estimate of drug-likeness (QED) is 0.395. The molecule has 0 fully saturated rings. The molecule has 27 heavy (non-hydrogen) atoms. The molecule has 0 aliphatic heterocycles. The second-order valence-electron chi connectivity index (χ2n) is 6.00. The summed E-state index contributed by atoms with van der Waals surface area (Å²) in [5.41, 5.74) is 0.321. The molecule has 3 rings (SSSR count). The van der Waals surface area contributed by atoms with Crippen LogP contribution in [-0.4, -0.2) is 14.8 Å². The van der Waals surface area contributed by atoms with Gasteiger partial charge >= 0.3 is 0 Å². The fourth-order valence-electron chi connectivity index (χ4n) is 2.66. The topological polar surface area (TPSA) is 47.8 Å². The van der Waals surface area contributed by atoms with Crippen LogP contribution < -0.4 is 5.56 Å². The first-order chi connectivity index (χ1) is 12.7. The lowest BCUT2D eigenvalue weighted by molar-refractivity contribution is 0.366. The van der Waals surface area contributed by atoms with Gasteiger partial charge in [-0.25, -0.2) is 31.6 Å². The zero-order valence-electron chi connectivity index (χ0n) is 14.2. The number of aryl methyl sites for hydroxylation is 2. The molecule has 2 aromatic carbocycles. The van der Waals surface area contributed by atoms with E-state index in [4.69, 9.17) is 0 Å². The number of aromatic nitrogens is 3. The number of halogens is 5. The molecule has 1 aromatic heterocycles. The fraction of sp³-hybridized carbons (Fsp3) is 0.167. The Balaban J connectivity index is 2.11. The lowest BCUT2D eigenvalue weighted by Gasteiger charge is -2.10. The third kappa shape index (κ3) is 3.44. The van der Waals surface area contributed by atoms with Crippen LogP contribution in [0.15, 0.2) is 29.2 Å². The number of benzene rings is 2. The Morgan fingerprint density at radius 1 is 0.852 bits per heavy atom. The van der Waals surface area contributed by atoms with E-state index in [-0.39, 0.29) is 5.82 Å². The average molecular weight is 381 g/mol. The van der Waals surface area contributed by atoms with Crippen LogP contribution in [0.3, 0.4) is 0 Å². The minimum Gasteiger partial charge on any atom is -0.266 e. The predicted molar refractivity (Wildman–Crippen MR) is 86.5 cm³/mol. The highest BCUT2D eigenvalue weighted by atomic mass is 19.2. The number of hydrogen-bond acceptors (Lipinski definition) is 3. The van der Waals surface area contributed by atoms with Crippen molar-refractivity contribution in [3.05, 3.63) is 80.5 Å². The summed E-state index contributed by atoms with van der Waals surface area (Å²) in [6.07, 6.45) is 0.867. The van der Waals surface area contributed by atoms with E-state index in [0.29, 0.717) is 10.2 Å². The number of hydrogen-bond donors (Lipinski definition) is 0. The van der Waals surface area contributed by atoms with E-state index >= 15 is 0 Å². The normalized spacial score (nSPS) is 11.1. The first kappa shape index (κ1) is 18.7. The molecule has 9 heteroatoms. The second kappa shape index (κ2) is 6.90. The molecule has 0 N–H and O–H groups in total. The minimum absolute atomic E-state index is 0.0743. The van der Waals surface area contributed by atoms with Gasteiger partial charge in [-0.1, -0.05) is 17.2 Å². The van der Waals surface area contributed by atoms with Crippen LogP contribution in [0.4, 0.5) is 22.0 Å². The summed E-state index contributed by atoms with van der Waals surface area (Å²) in [5.74, 6) is -10.4. The second-order valence-corrected chi connectivity index (χ2v) is 6.00. The van der Waals surface area contributed by atoms with Crippen molar-refractivity contribution in [3.63, 3.8) is 0 Å². The molecule has 0 unspecified atom stereocenters. The van der Waals surface area contributed by atoms with Crippen LogP contribution in [-0.2, 0) is 6.54 Å². The van der Waals surface area contributed by atoms with Crippen molar-refractivity contribution in [3.8, 4) is 11.4 Å².